The first kappa shape index (κ1) is 13.6. The number of rotatable bonds is 5. The van der Waals surface area contributed by atoms with Gasteiger partial charge in [0.05, 0.1) is 11.2 Å². The van der Waals surface area contributed by atoms with Crippen molar-refractivity contribution in [2.24, 2.45) is 0 Å². The van der Waals surface area contributed by atoms with E-state index in [1.165, 1.54) is 6.20 Å². The topological polar surface area (TPSA) is 60.9 Å². The van der Waals surface area contributed by atoms with E-state index in [1.54, 1.807) is 16.8 Å². The van der Waals surface area contributed by atoms with Gasteiger partial charge in [0.1, 0.15) is 5.69 Å². The van der Waals surface area contributed by atoms with Crippen molar-refractivity contribution in [3.8, 4) is 0 Å². The molecule has 2 N–H and O–H groups in total. The lowest BCUT2D eigenvalue weighted by Crippen LogP contribution is -2.13. The second-order valence-electron chi connectivity index (χ2n) is 4.41. The van der Waals surface area contributed by atoms with Crippen molar-refractivity contribution >= 4 is 23.1 Å². The van der Waals surface area contributed by atoms with Gasteiger partial charge >= 0.3 is 0 Å². The Morgan fingerprint density at radius 3 is 2.95 bits per heavy atom. The number of carbonyl (C=O) groups excluding carboxylic acids is 1. The van der Waals surface area contributed by atoms with Gasteiger partial charge in [0.2, 0.25) is 0 Å². The monoisotopic (exact) mass is 277 g/mol. The molecule has 0 bridgehead atoms. The molecule has 0 amide bonds. The largest absolute Gasteiger partial charge is 0.399 e. The number of nitrogens with zero attached hydrogens (tertiary/aromatic N) is 2. The molecule has 1 aromatic carbocycles. The van der Waals surface area contributed by atoms with E-state index in [-0.39, 0.29) is 12.2 Å². The van der Waals surface area contributed by atoms with Crippen LogP contribution in [0.15, 0.2) is 30.5 Å². The number of aromatic nitrogens is 2. The SMILES string of the molecule is CCCn1ncc(Cl)c1C(=O)Cc1cccc(N)c1. The summed E-state index contributed by atoms with van der Waals surface area (Å²) in [6.07, 6.45) is 2.69. The zero-order chi connectivity index (χ0) is 13.8. The summed E-state index contributed by atoms with van der Waals surface area (Å²) in [6.45, 7) is 2.71. The van der Waals surface area contributed by atoms with E-state index in [0.29, 0.717) is 22.9 Å². The number of Topliss-reactive ketones (excluding diaryl/α,β-unsaturated/α-hetero) is 1. The molecule has 5 heteroatoms. The van der Waals surface area contributed by atoms with Crippen LogP contribution in [0, 0.1) is 0 Å². The van der Waals surface area contributed by atoms with Crippen LogP contribution in [-0.4, -0.2) is 15.6 Å². The van der Waals surface area contributed by atoms with Crippen LogP contribution in [-0.2, 0) is 13.0 Å². The molecule has 2 aromatic rings. The summed E-state index contributed by atoms with van der Waals surface area (Å²) >= 11 is 6.04. The second-order valence-corrected chi connectivity index (χ2v) is 4.82. The normalized spacial score (nSPS) is 10.6. The number of benzene rings is 1. The first-order valence-electron chi connectivity index (χ1n) is 6.20. The molecule has 1 aromatic heterocycles. The number of anilines is 1. The van der Waals surface area contributed by atoms with E-state index in [1.807, 2.05) is 19.1 Å². The van der Waals surface area contributed by atoms with Crippen molar-refractivity contribution < 1.29 is 4.79 Å². The van der Waals surface area contributed by atoms with Gasteiger partial charge in [0.15, 0.2) is 5.78 Å². The molecule has 0 fully saturated rings. The lowest BCUT2D eigenvalue weighted by atomic mass is 10.1. The van der Waals surface area contributed by atoms with Crippen LogP contribution in [0.1, 0.15) is 29.4 Å². The summed E-state index contributed by atoms with van der Waals surface area (Å²) in [5.41, 5.74) is 7.71. The van der Waals surface area contributed by atoms with Crippen LogP contribution in [0.3, 0.4) is 0 Å². The van der Waals surface area contributed by atoms with Gasteiger partial charge in [0.25, 0.3) is 0 Å². The Hall–Kier alpha value is -1.81. The molecule has 19 heavy (non-hydrogen) atoms. The van der Waals surface area contributed by atoms with E-state index in [4.69, 9.17) is 17.3 Å². The van der Waals surface area contributed by atoms with Crippen LogP contribution < -0.4 is 5.73 Å². The highest BCUT2D eigenvalue weighted by atomic mass is 35.5. The van der Waals surface area contributed by atoms with Gasteiger partial charge in [-0.05, 0) is 24.1 Å². The van der Waals surface area contributed by atoms with Crippen molar-refractivity contribution in [1.29, 1.82) is 0 Å². The van der Waals surface area contributed by atoms with Crippen LogP contribution in [0.4, 0.5) is 5.69 Å². The van der Waals surface area contributed by atoms with Crippen LogP contribution in [0.25, 0.3) is 0 Å². The molecule has 0 atom stereocenters. The number of carbonyl (C=O) groups is 1. The number of hydrogen-bond donors (Lipinski definition) is 1. The molecule has 100 valence electrons. The Kier molecular flexibility index (Phi) is 4.22. The Morgan fingerprint density at radius 1 is 1.47 bits per heavy atom. The van der Waals surface area contributed by atoms with Crippen LogP contribution in [0.2, 0.25) is 5.02 Å². The third-order valence-corrected chi connectivity index (χ3v) is 3.09. The van der Waals surface area contributed by atoms with Gasteiger partial charge in [-0.15, -0.1) is 0 Å². The smallest absolute Gasteiger partial charge is 0.186 e. The average molecular weight is 278 g/mol. The van der Waals surface area contributed by atoms with Gasteiger partial charge in [-0.3, -0.25) is 9.48 Å². The summed E-state index contributed by atoms with van der Waals surface area (Å²) < 4.78 is 1.66. The maximum absolute atomic E-state index is 12.3. The zero-order valence-electron chi connectivity index (χ0n) is 10.8. The Bertz CT molecular complexity index is 592. The van der Waals surface area contributed by atoms with E-state index in [9.17, 15) is 4.79 Å². The fraction of sp³-hybridized carbons (Fsp3) is 0.286. The molecule has 2 rings (SSSR count). The van der Waals surface area contributed by atoms with E-state index in [2.05, 4.69) is 5.10 Å². The molecule has 0 aliphatic rings. The second kappa shape index (κ2) is 5.89. The lowest BCUT2D eigenvalue weighted by molar-refractivity contribution is 0.0982. The number of aryl methyl sites for hydroxylation is 1. The molecule has 0 aliphatic heterocycles. The predicted molar refractivity (Wildman–Crippen MR) is 76.4 cm³/mol. The third-order valence-electron chi connectivity index (χ3n) is 2.81. The van der Waals surface area contributed by atoms with Crippen molar-refractivity contribution in [3.05, 3.63) is 46.7 Å². The maximum Gasteiger partial charge on any atom is 0.186 e. The van der Waals surface area contributed by atoms with Crippen molar-refractivity contribution in [1.82, 2.24) is 9.78 Å². The van der Waals surface area contributed by atoms with Gasteiger partial charge in [-0.2, -0.15) is 5.10 Å². The fourth-order valence-electron chi connectivity index (χ4n) is 1.99. The van der Waals surface area contributed by atoms with Gasteiger partial charge in [0, 0.05) is 18.7 Å². The average Bonchev–Trinajstić information content (AvgIpc) is 2.71. The highest BCUT2D eigenvalue weighted by Gasteiger charge is 2.17. The highest BCUT2D eigenvalue weighted by Crippen LogP contribution is 2.18. The minimum atomic E-state index is -0.0402. The van der Waals surface area contributed by atoms with Crippen LogP contribution in [0.5, 0.6) is 0 Å². The Morgan fingerprint density at radius 2 is 2.26 bits per heavy atom. The molecule has 4 nitrogen and oxygen atoms in total. The number of ketones is 1. The number of halogens is 1. The number of hydrogen-bond acceptors (Lipinski definition) is 3. The zero-order valence-corrected chi connectivity index (χ0v) is 11.5. The molecule has 0 aliphatic carbocycles. The number of nitrogen functional groups attached to an aromatic ring is 1. The molecule has 0 saturated carbocycles. The van der Waals surface area contributed by atoms with Crippen molar-refractivity contribution in [2.45, 2.75) is 26.3 Å². The fourth-order valence-corrected chi connectivity index (χ4v) is 2.24. The maximum atomic E-state index is 12.3. The standard InChI is InChI=1S/C14H16ClN3O/c1-2-6-18-14(12(15)9-17-18)13(19)8-10-4-3-5-11(16)7-10/h3-5,7,9H,2,6,8,16H2,1H3. The van der Waals surface area contributed by atoms with Gasteiger partial charge < -0.3 is 5.73 Å². The van der Waals surface area contributed by atoms with Gasteiger partial charge in [-0.1, -0.05) is 30.7 Å². The molecule has 0 spiro atoms. The highest BCUT2D eigenvalue weighted by molar-refractivity contribution is 6.33. The van der Waals surface area contributed by atoms with Crippen LogP contribution >= 0.6 is 11.6 Å². The molecule has 0 unspecified atom stereocenters. The number of nitrogens with two attached hydrogens (primary N) is 1. The van der Waals surface area contributed by atoms with Gasteiger partial charge in [-0.25, -0.2) is 0 Å². The van der Waals surface area contributed by atoms with E-state index >= 15 is 0 Å². The first-order valence-corrected chi connectivity index (χ1v) is 6.58. The summed E-state index contributed by atoms with van der Waals surface area (Å²) in [5.74, 6) is -0.0402. The van der Waals surface area contributed by atoms with E-state index in [0.717, 1.165) is 12.0 Å². The summed E-state index contributed by atoms with van der Waals surface area (Å²) in [6, 6.07) is 7.31. The molecular weight excluding hydrogens is 262 g/mol. The molecule has 1 heterocycles. The molecule has 0 saturated heterocycles. The Labute approximate surface area is 117 Å². The molecule has 0 radical (unpaired) electrons. The summed E-state index contributed by atoms with van der Waals surface area (Å²) in [7, 11) is 0. The first-order chi connectivity index (χ1) is 9.11. The Balaban J connectivity index is 2.22. The predicted octanol–water partition coefficient (Wildman–Crippen LogP) is 2.95. The van der Waals surface area contributed by atoms with Crippen molar-refractivity contribution in [2.75, 3.05) is 5.73 Å². The quantitative estimate of drug-likeness (QED) is 0.675. The summed E-state index contributed by atoms with van der Waals surface area (Å²) in [4.78, 5) is 12.3. The van der Waals surface area contributed by atoms with E-state index < -0.39 is 0 Å². The van der Waals surface area contributed by atoms with Crippen molar-refractivity contribution in [3.63, 3.8) is 0 Å². The third kappa shape index (κ3) is 3.15. The minimum absolute atomic E-state index is 0.0402. The molecular formula is C14H16ClN3O. The summed E-state index contributed by atoms with van der Waals surface area (Å²) in [5, 5.41) is 4.53. The minimum Gasteiger partial charge on any atom is -0.399 e. The lowest BCUT2D eigenvalue weighted by Gasteiger charge is -2.06.